The van der Waals surface area contributed by atoms with E-state index in [-0.39, 0.29) is 0 Å². The molecule has 0 spiro atoms. The van der Waals surface area contributed by atoms with Gasteiger partial charge in [-0.3, -0.25) is 4.57 Å². The second-order valence-corrected chi connectivity index (χ2v) is 11.0. The number of hydrogen-bond donors (Lipinski definition) is 0. The van der Waals surface area contributed by atoms with Crippen LogP contribution in [0.5, 0.6) is 0 Å². The Bertz CT molecular complexity index is 2030. The van der Waals surface area contributed by atoms with Gasteiger partial charge in [-0.2, -0.15) is 0 Å². The Hall–Kier alpha value is -5.02. The highest BCUT2D eigenvalue weighted by Crippen LogP contribution is 2.62. The van der Waals surface area contributed by atoms with Gasteiger partial charge in [-0.25, -0.2) is 9.97 Å². The van der Waals surface area contributed by atoms with Crippen molar-refractivity contribution >= 4 is 21.8 Å². The van der Waals surface area contributed by atoms with Crippen molar-refractivity contribution in [1.29, 1.82) is 0 Å². The van der Waals surface area contributed by atoms with E-state index < -0.39 is 0 Å². The highest BCUT2D eigenvalue weighted by atomic mass is 15.2. The minimum Gasteiger partial charge on any atom is -0.278 e. The van der Waals surface area contributed by atoms with Gasteiger partial charge in [0, 0.05) is 21.9 Å². The number of hydrogen-bond acceptors (Lipinski definition) is 2. The molecule has 2 aromatic heterocycles. The lowest BCUT2D eigenvalue weighted by atomic mass is 9.85. The topological polar surface area (TPSA) is 30.7 Å². The first-order valence-corrected chi connectivity index (χ1v) is 14.0. The van der Waals surface area contributed by atoms with E-state index in [1.54, 1.807) is 0 Å². The van der Waals surface area contributed by atoms with Gasteiger partial charge in [0.15, 0.2) is 0 Å². The van der Waals surface area contributed by atoms with Gasteiger partial charge >= 0.3 is 0 Å². The van der Waals surface area contributed by atoms with Crippen LogP contribution in [0.15, 0.2) is 127 Å². The molecule has 7 aromatic rings. The van der Waals surface area contributed by atoms with Crippen molar-refractivity contribution in [2.24, 2.45) is 0 Å². The molecule has 3 nitrogen and oxygen atoms in total. The summed E-state index contributed by atoms with van der Waals surface area (Å²) in [7, 11) is 0. The van der Waals surface area contributed by atoms with Crippen molar-refractivity contribution in [2.75, 3.05) is 0 Å². The van der Waals surface area contributed by atoms with E-state index in [4.69, 9.17) is 9.97 Å². The zero-order valence-electron chi connectivity index (χ0n) is 21.8. The van der Waals surface area contributed by atoms with E-state index in [2.05, 4.69) is 120 Å². The number of rotatable bonds is 3. The summed E-state index contributed by atoms with van der Waals surface area (Å²) >= 11 is 0. The Kier molecular flexibility index (Phi) is 4.50. The van der Waals surface area contributed by atoms with Gasteiger partial charge < -0.3 is 0 Å². The van der Waals surface area contributed by atoms with Crippen molar-refractivity contribution in [3.05, 3.63) is 139 Å². The summed E-state index contributed by atoms with van der Waals surface area (Å²) in [5.74, 6) is 1.94. The van der Waals surface area contributed by atoms with Crippen molar-refractivity contribution in [2.45, 2.75) is 18.3 Å². The molecule has 1 fully saturated rings. The zero-order valence-corrected chi connectivity index (χ0v) is 21.8. The van der Waals surface area contributed by atoms with Crippen LogP contribution in [0.25, 0.3) is 61.4 Å². The smallest absolute Gasteiger partial charge is 0.235 e. The molecule has 2 atom stereocenters. The third kappa shape index (κ3) is 3.18. The number of para-hydroxylation sites is 1. The van der Waals surface area contributed by atoms with Crippen molar-refractivity contribution in [3.63, 3.8) is 0 Å². The molecule has 188 valence electrons. The van der Waals surface area contributed by atoms with Gasteiger partial charge in [-0.05, 0) is 64.8 Å². The molecule has 0 aliphatic heterocycles. The fourth-order valence-corrected chi connectivity index (χ4v) is 6.78. The van der Waals surface area contributed by atoms with Crippen LogP contribution in [0, 0.1) is 0 Å². The van der Waals surface area contributed by atoms with Gasteiger partial charge in [-0.15, -0.1) is 0 Å². The minimum atomic E-state index is 0.595. The van der Waals surface area contributed by atoms with E-state index in [1.165, 1.54) is 45.0 Å². The molecule has 2 unspecified atom stereocenters. The Morgan fingerprint density at radius 2 is 1.12 bits per heavy atom. The number of aromatic nitrogens is 3. The average Bonchev–Trinajstić information content (AvgIpc) is 3.78. The third-order valence-corrected chi connectivity index (χ3v) is 8.74. The third-order valence-electron chi connectivity index (χ3n) is 8.74. The maximum absolute atomic E-state index is 5.20. The van der Waals surface area contributed by atoms with E-state index in [0.717, 1.165) is 28.0 Å². The fraction of sp³-hybridized carbons (Fsp3) is 0.0811. The van der Waals surface area contributed by atoms with Gasteiger partial charge in [0.1, 0.15) is 0 Å². The lowest BCUT2D eigenvalue weighted by molar-refractivity contribution is 0.984. The molecular formula is C37H25N3. The van der Waals surface area contributed by atoms with E-state index >= 15 is 0 Å². The normalized spacial score (nSPS) is 16.9. The van der Waals surface area contributed by atoms with E-state index in [9.17, 15) is 0 Å². The fourth-order valence-electron chi connectivity index (χ4n) is 6.78. The SMILES string of the molecule is c1ccc(-c2cc(-c3ccccc3)nc(-n3c4ccccc4c4cc5c(cc43)C3CC3c3ccccc3-5)n2)cc1. The molecule has 2 aliphatic carbocycles. The molecule has 1 saturated carbocycles. The first-order valence-electron chi connectivity index (χ1n) is 14.0. The van der Waals surface area contributed by atoms with E-state index in [0.29, 0.717) is 17.8 Å². The van der Waals surface area contributed by atoms with Crippen LogP contribution in [0.3, 0.4) is 0 Å². The van der Waals surface area contributed by atoms with Crippen LogP contribution in [0.1, 0.15) is 29.4 Å². The lowest BCUT2D eigenvalue weighted by Crippen LogP contribution is -2.05. The molecule has 5 aromatic carbocycles. The van der Waals surface area contributed by atoms with Crippen molar-refractivity contribution < 1.29 is 0 Å². The van der Waals surface area contributed by atoms with Crippen LogP contribution in [-0.4, -0.2) is 14.5 Å². The molecule has 0 radical (unpaired) electrons. The monoisotopic (exact) mass is 511 g/mol. The second kappa shape index (κ2) is 8.24. The highest BCUT2D eigenvalue weighted by molar-refractivity contribution is 6.11. The maximum Gasteiger partial charge on any atom is 0.235 e. The Morgan fingerprint density at radius 1 is 0.500 bits per heavy atom. The molecule has 0 amide bonds. The van der Waals surface area contributed by atoms with Crippen molar-refractivity contribution in [1.82, 2.24) is 14.5 Å². The molecule has 3 heteroatoms. The molecule has 9 rings (SSSR count). The molecule has 0 N–H and O–H groups in total. The Labute approximate surface area is 232 Å². The Morgan fingerprint density at radius 3 is 1.88 bits per heavy atom. The predicted octanol–water partition coefficient (Wildman–Crippen LogP) is 9.16. The number of fused-ring (bicyclic) bond motifs is 9. The van der Waals surface area contributed by atoms with Crippen LogP contribution < -0.4 is 0 Å². The van der Waals surface area contributed by atoms with Gasteiger partial charge in [-0.1, -0.05) is 103 Å². The largest absolute Gasteiger partial charge is 0.278 e. The zero-order chi connectivity index (χ0) is 26.2. The highest BCUT2D eigenvalue weighted by Gasteiger charge is 2.45. The van der Waals surface area contributed by atoms with Gasteiger partial charge in [0.25, 0.3) is 0 Å². The lowest BCUT2D eigenvalue weighted by Gasteiger charge is -2.20. The summed E-state index contributed by atoms with van der Waals surface area (Å²) in [6.45, 7) is 0. The molecule has 0 saturated heterocycles. The average molecular weight is 512 g/mol. The summed E-state index contributed by atoms with van der Waals surface area (Å²) in [6.07, 6.45) is 1.23. The summed E-state index contributed by atoms with van der Waals surface area (Å²) in [5.41, 5.74) is 12.1. The molecule has 2 aliphatic rings. The van der Waals surface area contributed by atoms with Crippen molar-refractivity contribution in [3.8, 4) is 39.6 Å². The molecule has 2 heterocycles. The quantitative estimate of drug-likeness (QED) is 0.237. The van der Waals surface area contributed by atoms with Gasteiger partial charge in [0.2, 0.25) is 5.95 Å². The molecular weight excluding hydrogens is 486 g/mol. The summed E-state index contributed by atoms with van der Waals surface area (Å²) in [4.78, 5) is 10.4. The number of nitrogens with zero attached hydrogens (tertiary/aromatic N) is 3. The summed E-state index contributed by atoms with van der Waals surface area (Å²) in [6, 6.07) is 45.5. The van der Waals surface area contributed by atoms with E-state index in [1.807, 2.05) is 12.1 Å². The minimum absolute atomic E-state index is 0.595. The van der Waals surface area contributed by atoms with Crippen LogP contribution in [0.2, 0.25) is 0 Å². The summed E-state index contributed by atoms with van der Waals surface area (Å²) < 4.78 is 2.28. The first-order chi connectivity index (χ1) is 19.8. The first kappa shape index (κ1) is 21.9. The van der Waals surface area contributed by atoms with Crippen LogP contribution in [0.4, 0.5) is 0 Å². The maximum atomic E-state index is 5.20. The molecule has 0 bridgehead atoms. The van der Waals surface area contributed by atoms with Crippen LogP contribution in [-0.2, 0) is 0 Å². The van der Waals surface area contributed by atoms with Gasteiger partial charge in [0.05, 0.1) is 22.4 Å². The Balaban J connectivity index is 1.36. The second-order valence-electron chi connectivity index (χ2n) is 11.0. The standard InChI is InChI=1S/C37H25N3/c1-3-11-23(12-4-1)33-22-34(24-13-5-2-6-14-24)39-37(38-33)40-35-18-10-9-17-27(35)32-20-29-26-16-8-7-15-25(26)28-19-30(28)31(29)21-36(32)40/h1-18,20-22,28,30H,19H2. The summed E-state index contributed by atoms with van der Waals surface area (Å²) in [5, 5.41) is 2.48. The van der Waals surface area contributed by atoms with Crippen LogP contribution >= 0.6 is 0 Å². The predicted molar refractivity (Wildman–Crippen MR) is 163 cm³/mol. The number of benzene rings is 5. The molecule has 40 heavy (non-hydrogen) atoms.